The van der Waals surface area contributed by atoms with Gasteiger partial charge in [0.25, 0.3) is 5.91 Å². The Hall–Kier alpha value is -3.95. The van der Waals surface area contributed by atoms with Crippen LogP contribution >= 0.6 is 0 Å². The molecule has 1 aromatic heterocycles. The predicted molar refractivity (Wildman–Crippen MR) is 116 cm³/mol. The fourth-order valence-electron chi connectivity index (χ4n) is 3.79. The molecule has 0 spiro atoms. The van der Waals surface area contributed by atoms with E-state index < -0.39 is 47.3 Å². The van der Waals surface area contributed by atoms with E-state index in [-0.39, 0.29) is 23.8 Å². The van der Waals surface area contributed by atoms with E-state index in [4.69, 9.17) is 0 Å². The van der Waals surface area contributed by atoms with Gasteiger partial charge in [-0.1, -0.05) is 6.07 Å². The number of pyridine rings is 1. The molecule has 2 heterocycles. The molecule has 0 radical (unpaired) electrons. The maximum Gasteiger partial charge on any atom is 0.325 e. The van der Waals surface area contributed by atoms with Gasteiger partial charge < -0.3 is 10.2 Å². The van der Waals surface area contributed by atoms with Crippen molar-refractivity contribution < 1.29 is 27.2 Å². The largest absolute Gasteiger partial charge is 0.348 e. The standard InChI is InChI=1S/C24H20F4N4O2/c1-13-16-6-5-14(23(33)30-11-17-19(27)9-15(25)10-20(17)28)8-22(16)32(24(34)31(13)2)12-21-18(26)4-3-7-29-21/h3-10,13H,11-12H2,1-2H3,(H,30,33). The lowest BCUT2D eigenvalue weighted by atomic mass is 9.98. The summed E-state index contributed by atoms with van der Waals surface area (Å²) in [6.07, 6.45) is 1.41. The maximum absolute atomic E-state index is 14.2. The number of halogens is 4. The normalized spacial score (nSPS) is 15.4. The number of fused-ring (bicyclic) bond motifs is 1. The van der Waals surface area contributed by atoms with E-state index in [1.54, 1.807) is 13.1 Å². The molecule has 0 saturated heterocycles. The van der Waals surface area contributed by atoms with Crippen LogP contribution in [0.1, 0.15) is 40.1 Å². The van der Waals surface area contributed by atoms with Crippen LogP contribution in [0.15, 0.2) is 48.7 Å². The summed E-state index contributed by atoms with van der Waals surface area (Å²) in [4.78, 5) is 32.5. The molecule has 1 aliphatic heterocycles. The number of carbonyl (C=O) groups excluding carboxylic acids is 2. The SMILES string of the molecule is CC1c2ccc(C(=O)NCc3c(F)cc(F)cc3F)cc2N(Cc2ncccc2F)C(=O)N1C. The molecule has 1 aliphatic rings. The Kier molecular flexibility index (Phi) is 6.23. The third kappa shape index (κ3) is 4.30. The van der Waals surface area contributed by atoms with E-state index in [1.807, 2.05) is 6.92 Å². The number of nitrogens with zero attached hydrogens (tertiary/aromatic N) is 3. The fourth-order valence-corrected chi connectivity index (χ4v) is 3.79. The molecule has 1 atom stereocenters. The second-order valence-electron chi connectivity index (χ2n) is 7.89. The molecular weight excluding hydrogens is 452 g/mol. The van der Waals surface area contributed by atoms with Gasteiger partial charge in [0.15, 0.2) is 0 Å². The minimum absolute atomic E-state index is 0.0573. The number of aromatic nitrogens is 1. The number of anilines is 1. The van der Waals surface area contributed by atoms with Crippen LogP contribution in [0.3, 0.4) is 0 Å². The van der Waals surface area contributed by atoms with Crippen LogP contribution in [-0.2, 0) is 13.1 Å². The van der Waals surface area contributed by atoms with Crippen molar-refractivity contribution in [2.45, 2.75) is 26.1 Å². The van der Waals surface area contributed by atoms with E-state index >= 15 is 0 Å². The van der Waals surface area contributed by atoms with Gasteiger partial charge >= 0.3 is 6.03 Å². The topological polar surface area (TPSA) is 65.5 Å². The van der Waals surface area contributed by atoms with Crippen molar-refractivity contribution in [3.05, 3.63) is 94.3 Å². The first-order valence-corrected chi connectivity index (χ1v) is 10.4. The number of urea groups is 1. The lowest BCUT2D eigenvalue weighted by Gasteiger charge is -2.39. The first-order valence-electron chi connectivity index (χ1n) is 10.4. The summed E-state index contributed by atoms with van der Waals surface area (Å²) >= 11 is 0. The van der Waals surface area contributed by atoms with Gasteiger partial charge in [-0.25, -0.2) is 22.4 Å². The molecule has 0 aliphatic carbocycles. The Bertz CT molecular complexity index is 1260. The average Bonchev–Trinajstić information content (AvgIpc) is 2.80. The van der Waals surface area contributed by atoms with Gasteiger partial charge in [0.05, 0.1) is 24.0 Å². The van der Waals surface area contributed by atoms with Crippen LogP contribution < -0.4 is 10.2 Å². The summed E-state index contributed by atoms with van der Waals surface area (Å²) in [5.41, 5.74) is 0.822. The van der Waals surface area contributed by atoms with Crippen molar-refractivity contribution >= 4 is 17.6 Å². The monoisotopic (exact) mass is 472 g/mol. The zero-order valence-corrected chi connectivity index (χ0v) is 18.3. The highest BCUT2D eigenvalue weighted by molar-refractivity contribution is 5.99. The number of hydrogen-bond acceptors (Lipinski definition) is 3. The Morgan fingerprint density at radius 2 is 1.76 bits per heavy atom. The highest BCUT2D eigenvalue weighted by atomic mass is 19.1. The number of carbonyl (C=O) groups is 2. The Morgan fingerprint density at radius 1 is 1.06 bits per heavy atom. The highest BCUT2D eigenvalue weighted by Crippen LogP contribution is 2.37. The summed E-state index contributed by atoms with van der Waals surface area (Å²) < 4.78 is 55.1. The zero-order chi connectivity index (χ0) is 24.6. The van der Waals surface area contributed by atoms with E-state index in [2.05, 4.69) is 10.3 Å². The molecule has 0 bridgehead atoms. The summed E-state index contributed by atoms with van der Waals surface area (Å²) in [6.45, 7) is 1.15. The van der Waals surface area contributed by atoms with Crippen molar-refractivity contribution in [1.29, 1.82) is 0 Å². The number of benzene rings is 2. The molecule has 1 unspecified atom stereocenters. The first kappa shape index (κ1) is 23.2. The molecule has 2 aromatic carbocycles. The van der Waals surface area contributed by atoms with Gasteiger partial charge in [-0.2, -0.15) is 0 Å². The Labute approximate surface area is 192 Å². The molecule has 0 saturated carbocycles. The first-order chi connectivity index (χ1) is 16.2. The molecule has 34 heavy (non-hydrogen) atoms. The fraction of sp³-hybridized carbons (Fsp3) is 0.208. The Morgan fingerprint density at radius 3 is 2.44 bits per heavy atom. The third-order valence-electron chi connectivity index (χ3n) is 5.82. The van der Waals surface area contributed by atoms with Crippen LogP contribution in [0.2, 0.25) is 0 Å². The quantitative estimate of drug-likeness (QED) is 0.548. The van der Waals surface area contributed by atoms with E-state index in [0.717, 1.165) is 5.56 Å². The number of amides is 3. The van der Waals surface area contributed by atoms with Crippen LogP contribution in [-0.4, -0.2) is 28.9 Å². The molecule has 6 nitrogen and oxygen atoms in total. The van der Waals surface area contributed by atoms with Crippen molar-refractivity contribution in [1.82, 2.24) is 15.2 Å². The van der Waals surface area contributed by atoms with E-state index in [9.17, 15) is 27.2 Å². The highest BCUT2D eigenvalue weighted by Gasteiger charge is 2.34. The summed E-state index contributed by atoms with van der Waals surface area (Å²) in [5, 5.41) is 2.40. The third-order valence-corrected chi connectivity index (χ3v) is 5.82. The molecular formula is C24H20F4N4O2. The predicted octanol–water partition coefficient (Wildman–Crippen LogP) is 4.70. The number of nitrogens with one attached hydrogen (secondary N) is 1. The molecule has 3 aromatic rings. The van der Waals surface area contributed by atoms with Gasteiger partial charge in [0.2, 0.25) is 0 Å². The van der Waals surface area contributed by atoms with Crippen LogP contribution in [0.4, 0.5) is 28.0 Å². The summed E-state index contributed by atoms with van der Waals surface area (Å²) in [5.74, 6) is -4.53. The van der Waals surface area contributed by atoms with Gasteiger partial charge in [0.1, 0.15) is 23.3 Å². The zero-order valence-electron chi connectivity index (χ0n) is 18.3. The van der Waals surface area contributed by atoms with Crippen molar-refractivity contribution in [3.8, 4) is 0 Å². The van der Waals surface area contributed by atoms with Crippen molar-refractivity contribution in [2.24, 2.45) is 0 Å². The smallest absolute Gasteiger partial charge is 0.325 e. The Balaban J connectivity index is 1.63. The van der Waals surface area contributed by atoms with E-state index in [1.165, 1.54) is 40.3 Å². The lowest BCUT2D eigenvalue weighted by Crippen LogP contribution is -2.46. The molecule has 1 N–H and O–H groups in total. The average molecular weight is 472 g/mol. The minimum atomic E-state index is -1.12. The molecule has 3 amide bonds. The van der Waals surface area contributed by atoms with Crippen LogP contribution in [0.5, 0.6) is 0 Å². The minimum Gasteiger partial charge on any atom is -0.348 e. The molecule has 176 valence electrons. The van der Waals surface area contributed by atoms with Crippen molar-refractivity contribution in [2.75, 3.05) is 11.9 Å². The van der Waals surface area contributed by atoms with Gasteiger partial charge in [-0.15, -0.1) is 0 Å². The van der Waals surface area contributed by atoms with Gasteiger partial charge in [-0.3, -0.25) is 14.7 Å². The van der Waals surface area contributed by atoms with Crippen LogP contribution in [0.25, 0.3) is 0 Å². The number of hydrogen-bond donors (Lipinski definition) is 1. The molecule has 10 heteroatoms. The lowest BCUT2D eigenvalue weighted by molar-refractivity contribution is 0.0950. The van der Waals surface area contributed by atoms with Gasteiger partial charge in [-0.05, 0) is 36.8 Å². The van der Waals surface area contributed by atoms with E-state index in [0.29, 0.717) is 17.8 Å². The summed E-state index contributed by atoms with van der Waals surface area (Å²) in [7, 11) is 1.62. The number of rotatable bonds is 5. The molecule has 0 fully saturated rings. The summed E-state index contributed by atoms with van der Waals surface area (Å²) in [6, 6.07) is 7.66. The maximum atomic E-state index is 14.2. The second-order valence-corrected chi connectivity index (χ2v) is 7.89. The molecule has 4 rings (SSSR count). The van der Waals surface area contributed by atoms with Crippen LogP contribution in [0, 0.1) is 23.3 Å². The van der Waals surface area contributed by atoms with Crippen molar-refractivity contribution in [3.63, 3.8) is 0 Å². The second kappa shape index (κ2) is 9.12. The van der Waals surface area contributed by atoms with Gasteiger partial charge in [0, 0.05) is 43.0 Å².